The van der Waals surface area contributed by atoms with Crippen molar-refractivity contribution in [3.8, 4) is 10.9 Å². The van der Waals surface area contributed by atoms with E-state index in [1.54, 1.807) is 11.3 Å². The van der Waals surface area contributed by atoms with E-state index >= 15 is 0 Å². The SMILES string of the molecule is CC(C)N(CCCN1CCCC1=O)Cc1ccc(Oc2nc3ccccc3s2)cc1. The van der Waals surface area contributed by atoms with E-state index in [-0.39, 0.29) is 0 Å². The lowest BCUT2D eigenvalue weighted by atomic mass is 10.1. The minimum Gasteiger partial charge on any atom is -0.431 e. The molecule has 1 amide bonds. The first-order chi connectivity index (χ1) is 14.6. The first-order valence-corrected chi connectivity index (χ1v) is 11.5. The van der Waals surface area contributed by atoms with Crippen molar-refractivity contribution >= 4 is 27.5 Å². The maximum absolute atomic E-state index is 11.8. The number of nitrogens with zero attached hydrogens (tertiary/aromatic N) is 3. The van der Waals surface area contributed by atoms with Gasteiger partial charge in [0.1, 0.15) is 5.75 Å². The Morgan fingerprint density at radius 2 is 1.97 bits per heavy atom. The number of para-hydroxylation sites is 1. The molecule has 5 nitrogen and oxygen atoms in total. The Labute approximate surface area is 182 Å². The second kappa shape index (κ2) is 9.58. The summed E-state index contributed by atoms with van der Waals surface area (Å²) in [5, 5.41) is 0.671. The summed E-state index contributed by atoms with van der Waals surface area (Å²) < 4.78 is 7.09. The number of ether oxygens (including phenoxy) is 1. The molecule has 0 unspecified atom stereocenters. The number of aromatic nitrogens is 1. The van der Waals surface area contributed by atoms with Crippen molar-refractivity contribution in [1.29, 1.82) is 0 Å². The number of hydrogen-bond donors (Lipinski definition) is 0. The largest absolute Gasteiger partial charge is 0.431 e. The zero-order valence-electron chi connectivity index (χ0n) is 17.7. The fourth-order valence-corrected chi connectivity index (χ4v) is 4.65. The van der Waals surface area contributed by atoms with Crippen molar-refractivity contribution in [1.82, 2.24) is 14.8 Å². The average molecular weight is 424 g/mol. The summed E-state index contributed by atoms with van der Waals surface area (Å²) >= 11 is 1.56. The van der Waals surface area contributed by atoms with E-state index in [2.05, 4.69) is 41.9 Å². The van der Waals surface area contributed by atoms with Crippen LogP contribution in [0.5, 0.6) is 10.9 Å². The average Bonchev–Trinajstić information content (AvgIpc) is 3.33. The van der Waals surface area contributed by atoms with Crippen LogP contribution in [-0.4, -0.2) is 46.4 Å². The van der Waals surface area contributed by atoms with E-state index < -0.39 is 0 Å². The highest BCUT2D eigenvalue weighted by Crippen LogP contribution is 2.31. The first kappa shape index (κ1) is 20.8. The second-order valence-corrected chi connectivity index (χ2v) is 9.09. The predicted molar refractivity (Wildman–Crippen MR) is 122 cm³/mol. The van der Waals surface area contributed by atoms with Gasteiger partial charge in [-0.3, -0.25) is 9.69 Å². The summed E-state index contributed by atoms with van der Waals surface area (Å²) in [5.74, 6) is 1.12. The molecule has 0 atom stereocenters. The molecule has 4 rings (SSSR count). The maximum atomic E-state index is 11.8. The standard InChI is InChI=1S/C24H29N3O2S/c1-18(2)27(16-6-15-26-14-5-9-23(26)28)17-19-10-12-20(13-11-19)29-24-25-21-7-3-4-8-22(21)30-24/h3-4,7-8,10-13,18H,5-6,9,14-17H2,1-2H3. The minimum atomic E-state index is 0.315. The summed E-state index contributed by atoms with van der Waals surface area (Å²) in [6.07, 6.45) is 2.75. The van der Waals surface area contributed by atoms with Crippen LogP contribution in [0.15, 0.2) is 48.5 Å². The predicted octanol–water partition coefficient (Wildman–Crippen LogP) is 5.31. The maximum Gasteiger partial charge on any atom is 0.279 e. The Hall–Kier alpha value is -2.44. The Balaban J connectivity index is 1.32. The summed E-state index contributed by atoms with van der Waals surface area (Å²) in [6.45, 7) is 8.14. The molecule has 1 fully saturated rings. The van der Waals surface area contributed by atoms with Crippen LogP contribution in [0.2, 0.25) is 0 Å². The summed E-state index contributed by atoms with van der Waals surface area (Å²) in [6, 6.07) is 16.8. The Kier molecular flexibility index (Phi) is 6.65. The number of likely N-dealkylation sites (tertiary alicyclic amines) is 1. The number of carbonyl (C=O) groups excluding carboxylic acids is 1. The van der Waals surface area contributed by atoms with E-state index in [1.165, 1.54) is 5.56 Å². The van der Waals surface area contributed by atoms with Gasteiger partial charge < -0.3 is 9.64 Å². The van der Waals surface area contributed by atoms with Gasteiger partial charge in [0.2, 0.25) is 5.91 Å². The van der Waals surface area contributed by atoms with Gasteiger partial charge in [-0.2, -0.15) is 0 Å². The number of carbonyl (C=O) groups is 1. The van der Waals surface area contributed by atoms with Gasteiger partial charge in [-0.25, -0.2) is 4.98 Å². The van der Waals surface area contributed by atoms with Crippen LogP contribution in [0.25, 0.3) is 10.2 Å². The fraction of sp³-hybridized carbons (Fsp3) is 0.417. The van der Waals surface area contributed by atoms with Crippen LogP contribution in [0, 0.1) is 0 Å². The third-order valence-corrected chi connectivity index (χ3v) is 6.48. The van der Waals surface area contributed by atoms with Crippen LogP contribution in [-0.2, 0) is 11.3 Å². The van der Waals surface area contributed by atoms with Gasteiger partial charge in [0.05, 0.1) is 10.2 Å². The highest BCUT2D eigenvalue weighted by atomic mass is 32.1. The van der Waals surface area contributed by atoms with Crippen molar-refractivity contribution < 1.29 is 9.53 Å². The molecule has 1 aliphatic heterocycles. The lowest BCUT2D eigenvalue weighted by molar-refractivity contribution is -0.127. The van der Waals surface area contributed by atoms with Crippen molar-refractivity contribution in [2.45, 2.75) is 45.7 Å². The van der Waals surface area contributed by atoms with Crippen LogP contribution < -0.4 is 4.74 Å². The van der Waals surface area contributed by atoms with Gasteiger partial charge in [0.15, 0.2) is 0 Å². The van der Waals surface area contributed by atoms with Crippen molar-refractivity contribution in [2.75, 3.05) is 19.6 Å². The molecule has 3 aromatic rings. The van der Waals surface area contributed by atoms with E-state index in [0.29, 0.717) is 17.1 Å². The fourth-order valence-electron chi connectivity index (χ4n) is 3.82. The van der Waals surface area contributed by atoms with E-state index in [9.17, 15) is 4.79 Å². The molecule has 0 saturated carbocycles. The molecular weight excluding hydrogens is 394 g/mol. The molecule has 6 heteroatoms. The van der Waals surface area contributed by atoms with Crippen LogP contribution in [0.3, 0.4) is 0 Å². The number of hydrogen-bond acceptors (Lipinski definition) is 5. The molecule has 0 aliphatic carbocycles. The summed E-state index contributed by atoms with van der Waals surface area (Å²) in [7, 11) is 0. The van der Waals surface area contributed by atoms with Gasteiger partial charge in [-0.05, 0) is 56.5 Å². The molecule has 1 aliphatic rings. The van der Waals surface area contributed by atoms with Gasteiger partial charge in [0, 0.05) is 38.6 Å². The molecule has 2 aromatic carbocycles. The minimum absolute atomic E-state index is 0.315. The van der Waals surface area contributed by atoms with E-state index in [1.807, 2.05) is 35.2 Å². The molecule has 0 radical (unpaired) electrons. The molecule has 1 aromatic heterocycles. The third kappa shape index (κ3) is 5.18. The van der Waals surface area contributed by atoms with Crippen molar-refractivity contribution in [2.24, 2.45) is 0 Å². The van der Waals surface area contributed by atoms with Crippen molar-refractivity contribution in [3.05, 3.63) is 54.1 Å². The molecule has 0 N–H and O–H groups in total. The zero-order valence-corrected chi connectivity index (χ0v) is 18.5. The molecule has 0 spiro atoms. The first-order valence-electron chi connectivity index (χ1n) is 10.7. The number of benzene rings is 2. The molecule has 30 heavy (non-hydrogen) atoms. The lowest BCUT2D eigenvalue weighted by Gasteiger charge is -2.27. The van der Waals surface area contributed by atoms with Crippen molar-refractivity contribution in [3.63, 3.8) is 0 Å². The van der Waals surface area contributed by atoms with E-state index in [4.69, 9.17) is 4.74 Å². The monoisotopic (exact) mass is 423 g/mol. The van der Waals surface area contributed by atoms with Gasteiger partial charge in [0.25, 0.3) is 5.19 Å². The second-order valence-electron chi connectivity index (χ2n) is 8.10. The Morgan fingerprint density at radius 1 is 1.17 bits per heavy atom. The van der Waals surface area contributed by atoms with Crippen LogP contribution >= 0.6 is 11.3 Å². The highest BCUT2D eigenvalue weighted by Gasteiger charge is 2.20. The summed E-state index contributed by atoms with van der Waals surface area (Å²) in [4.78, 5) is 20.8. The third-order valence-electron chi connectivity index (χ3n) is 5.56. The van der Waals surface area contributed by atoms with Gasteiger partial charge in [-0.15, -0.1) is 0 Å². The number of rotatable bonds is 9. The number of amides is 1. The smallest absolute Gasteiger partial charge is 0.279 e. The van der Waals surface area contributed by atoms with E-state index in [0.717, 1.165) is 61.4 Å². The normalized spacial score (nSPS) is 14.4. The number of fused-ring (bicyclic) bond motifs is 1. The zero-order chi connectivity index (χ0) is 20.9. The highest BCUT2D eigenvalue weighted by molar-refractivity contribution is 7.20. The molecule has 1 saturated heterocycles. The molecule has 2 heterocycles. The van der Waals surface area contributed by atoms with Gasteiger partial charge in [-0.1, -0.05) is 35.6 Å². The Morgan fingerprint density at radius 3 is 2.67 bits per heavy atom. The Bertz CT molecular complexity index is 951. The van der Waals surface area contributed by atoms with Gasteiger partial charge >= 0.3 is 0 Å². The van der Waals surface area contributed by atoms with Crippen LogP contribution in [0.1, 0.15) is 38.7 Å². The quantitative estimate of drug-likeness (QED) is 0.468. The number of thiazole rings is 1. The van der Waals surface area contributed by atoms with Crippen LogP contribution in [0.4, 0.5) is 0 Å². The summed E-state index contributed by atoms with van der Waals surface area (Å²) in [5.41, 5.74) is 2.23. The topological polar surface area (TPSA) is 45.7 Å². The molecule has 0 bridgehead atoms. The molecular formula is C24H29N3O2S. The lowest BCUT2D eigenvalue weighted by Crippen LogP contribution is -2.34. The molecule has 158 valence electrons.